The summed E-state index contributed by atoms with van der Waals surface area (Å²) in [4.78, 5) is 47.6. The average molecular weight is 582 g/mol. The van der Waals surface area contributed by atoms with Crippen molar-refractivity contribution in [2.75, 3.05) is 32.8 Å². The minimum atomic E-state index is -0.0207. The monoisotopic (exact) mass is 581 g/mol. The number of nitrogens with one attached hydrogen (secondary N) is 1. The number of likely N-dealkylation sites (tertiary alicyclic amines) is 2. The molecule has 0 aromatic rings. The van der Waals surface area contributed by atoms with Gasteiger partial charge in [0, 0.05) is 55.8 Å². The van der Waals surface area contributed by atoms with Crippen LogP contribution in [-0.2, 0) is 19.1 Å². The van der Waals surface area contributed by atoms with Crippen LogP contribution < -0.4 is 5.32 Å². The molecule has 5 rings (SSSR count). The fourth-order valence-electron chi connectivity index (χ4n) is 7.60. The normalized spacial score (nSPS) is 30.5. The van der Waals surface area contributed by atoms with Gasteiger partial charge >= 0.3 is 0 Å². The quantitative estimate of drug-likeness (QED) is 0.355. The molecule has 2 unspecified atom stereocenters. The van der Waals surface area contributed by atoms with Gasteiger partial charge in [-0.2, -0.15) is 0 Å². The number of carbonyl (C=O) groups is 3. The van der Waals surface area contributed by atoms with Crippen LogP contribution in [-0.4, -0.2) is 100 Å². The van der Waals surface area contributed by atoms with Crippen molar-refractivity contribution in [3.8, 4) is 0 Å². The molecule has 9 heteroatoms. The van der Waals surface area contributed by atoms with E-state index in [1.54, 1.807) is 12.2 Å². The first kappa shape index (κ1) is 30.5. The van der Waals surface area contributed by atoms with Crippen LogP contribution in [0.4, 0.5) is 0 Å². The maximum Gasteiger partial charge on any atom is 0.250 e. The molecule has 5 aliphatic rings. The van der Waals surface area contributed by atoms with Crippen molar-refractivity contribution < 1.29 is 19.1 Å². The van der Waals surface area contributed by atoms with Crippen molar-refractivity contribution in [3.05, 3.63) is 35.4 Å². The number of hydrogen-bond acceptors (Lipinski definition) is 6. The Morgan fingerprint density at radius 2 is 1.55 bits per heavy atom. The van der Waals surface area contributed by atoms with Crippen LogP contribution >= 0.6 is 0 Å². The Morgan fingerprint density at radius 3 is 2.19 bits per heavy atom. The van der Waals surface area contributed by atoms with E-state index in [2.05, 4.69) is 66.5 Å². The van der Waals surface area contributed by atoms with Crippen molar-refractivity contribution in [2.24, 2.45) is 11.8 Å². The average Bonchev–Trinajstić information content (AvgIpc) is 3.75. The van der Waals surface area contributed by atoms with Crippen LogP contribution in [0, 0.1) is 11.8 Å². The van der Waals surface area contributed by atoms with Gasteiger partial charge < -0.3 is 29.7 Å². The fourth-order valence-corrected chi connectivity index (χ4v) is 7.60. The zero-order valence-electron chi connectivity index (χ0n) is 26.5. The van der Waals surface area contributed by atoms with Gasteiger partial charge in [-0.3, -0.25) is 14.4 Å². The lowest BCUT2D eigenvalue weighted by atomic mass is 9.96. The second kappa shape index (κ2) is 12.7. The molecule has 0 aromatic heterocycles. The van der Waals surface area contributed by atoms with Gasteiger partial charge in [0.05, 0.1) is 36.8 Å². The van der Waals surface area contributed by atoms with E-state index in [0.717, 1.165) is 81.9 Å². The Morgan fingerprint density at radius 1 is 0.905 bits per heavy atom. The van der Waals surface area contributed by atoms with E-state index >= 15 is 0 Å². The van der Waals surface area contributed by atoms with E-state index in [9.17, 15) is 14.4 Å². The predicted molar refractivity (Wildman–Crippen MR) is 163 cm³/mol. The molecule has 0 aliphatic carbocycles. The summed E-state index contributed by atoms with van der Waals surface area (Å²) < 4.78 is 6.14. The van der Waals surface area contributed by atoms with Crippen LogP contribution in [0.25, 0.3) is 0 Å². The summed E-state index contributed by atoms with van der Waals surface area (Å²) in [7, 11) is 0. The lowest BCUT2D eigenvalue weighted by Crippen LogP contribution is -2.48. The summed E-state index contributed by atoms with van der Waals surface area (Å²) in [5.74, 6) is 1.74. The molecule has 0 aromatic carbocycles. The number of carbonyl (C=O) groups excluding carboxylic acids is 3. The second-order valence-electron chi connectivity index (χ2n) is 13.4. The molecule has 0 spiro atoms. The second-order valence-corrected chi connectivity index (χ2v) is 13.4. The summed E-state index contributed by atoms with van der Waals surface area (Å²) in [5.41, 5.74) is 2.14. The molecule has 9 nitrogen and oxygen atoms in total. The fraction of sp³-hybridized carbons (Fsp3) is 0.727. The summed E-state index contributed by atoms with van der Waals surface area (Å²) in [5, 5.41) is 3.11. The highest BCUT2D eigenvalue weighted by Gasteiger charge is 2.46. The Bertz CT molecular complexity index is 1150. The first-order valence-corrected chi connectivity index (χ1v) is 16.3. The molecular weight excluding hydrogens is 530 g/mol. The van der Waals surface area contributed by atoms with Gasteiger partial charge in [-0.15, -0.1) is 0 Å². The Labute approximate surface area is 252 Å². The Balaban J connectivity index is 1.22. The minimum absolute atomic E-state index is 0.0147. The van der Waals surface area contributed by atoms with E-state index < -0.39 is 0 Å². The van der Waals surface area contributed by atoms with Crippen molar-refractivity contribution in [1.29, 1.82) is 0 Å². The van der Waals surface area contributed by atoms with Gasteiger partial charge in [0.1, 0.15) is 5.76 Å². The summed E-state index contributed by atoms with van der Waals surface area (Å²) in [6, 6.07) is 0.218. The van der Waals surface area contributed by atoms with Crippen molar-refractivity contribution in [2.45, 2.75) is 110 Å². The number of amides is 3. The van der Waals surface area contributed by atoms with Gasteiger partial charge in [-0.05, 0) is 44.4 Å². The van der Waals surface area contributed by atoms with E-state index in [4.69, 9.17) is 4.74 Å². The lowest BCUT2D eigenvalue weighted by Gasteiger charge is -2.36. The highest BCUT2D eigenvalue weighted by atomic mass is 16.5. The lowest BCUT2D eigenvalue weighted by molar-refractivity contribution is -0.129. The van der Waals surface area contributed by atoms with Crippen molar-refractivity contribution >= 4 is 17.7 Å². The maximum absolute atomic E-state index is 13.4. The summed E-state index contributed by atoms with van der Waals surface area (Å²) >= 11 is 0. The number of unbranched alkanes of at least 4 members (excludes halogenated alkanes) is 1. The third-order valence-electron chi connectivity index (χ3n) is 9.94. The third-order valence-corrected chi connectivity index (χ3v) is 9.94. The standard InChI is InChI=1S/C33H51N5O4/c1-7-9-14-42-29-18-32(41)38(33(29)22(5)8-2)25-11-12-35(20-25)27-17-31(40)37(23(27)6)24-10-13-36(19-24)28-16-30(39)34-26(28)15-21(3)4/h16-18,21-26,33H,7-15,19-20H2,1-6H3,(H,34,39)/t22?,23-,24-,25-,26?,33-/m0/s1. The number of hydrogen-bond donors (Lipinski definition) is 1. The van der Waals surface area contributed by atoms with Crippen LogP contribution in [0.1, 0.15) is 80.1 Å². The molecule has 5 heterocycles. The van der Waals surface area contributed by atoms with Gasteiger partial charge in [0.2, 0.25) is 11.8 Å². The molecule has 0 saturated carbocycles. The maximum atomic E-state index is 13.4. The van der Waals surface area contributed by atoms with Crippen LogP contribution in [0.3, 0.4) is 0 Å². The van der Waals surface area contributed by atoms with Crippen LogP contribution in [0.2, 0.25) is 0 Å². The molecule has 0 radical (unpaired) electrons. The largest absolute Gasteiger partial charge is 0.496 e. The van der Waals surface area contributed by atoms with E-state index in [-0.39, 0.29) is 47.9 Å². The predicted octanol–water partition coefficient (Wildman–Crippen LogP) is 3.64. The van der Waals surface area contributed by atoms with Gasteiger partial charge in [-0.1, -0.05) is 47.5 Å². The molecule has 232 valence electrons. The summed E-state index contributed by atoms with van der Waals surface area (Å²) in [6.07, 6.45) is 11.0. The molecule has 3 amide bonds. The molecule has 6 atom stereocenters. The highest BCUT2D eigenvalue weighted by molar-refractivity contribution is 5.93. The van der Waals surface area contributed by atoms with Crippen LogP contribution in [0.5, 0.6) is 0 Å². The first-order chi connectivity index (χ1) is 20.1. The number of rotatable bonds is 12. The molecule has 2 saturated heterocycles. The Kier molecular flexibility index (Phi) is 9.23. The molecule has 42 heavy (non-hydrogen) atoms. The third kappa shape index (κ3) is 5.93. The molecule has 0 bridgehead atoms. The molecule has 2 fully saturated rings. The van der Waals surface area contributed by atoms with Crippen LogP contribution in [0.15, 0.2) is 35.4 Å². The number of nitrogens with zero attached hydrogens (tertiary/aromatic N) is 4. The van der Waals surface area contributed by atoms with E-state index in [0.29, 0.717) is 18.4 Å². The van der Waals surface area contributed by atoms with E-state index in [1.165, 1.54) is 0 Å². The zero-order chi connectivity index (χ0) is 30.1. The van der Waals surface area contributed by atoms with Gasteiger partial charge in [0.15, 0.2) is 0 Å². The van der Waals surface area contributed by atoms with Gasteiger partial charge in [0.25, 0.3) is 5.91 Å². The highest BCUT2D eigenvalue weighted by Crippen LogP contribution is 2.37. The smallest absolute Gasteiger partial charge is 0.250 e. The molecule has 5 aliphatic heterocycles. The summed E-state index contributed by atoms with van der Waals surface area (Å²) in [6.45, 7) is 16.8. The van der Waals surface area contributed by atoms with Gasteiger partial charge in [-0.25, -0.2) is 0 Å². The Hall–Kier alpha value is -2.97. The number of ether oxygens (including phenoxy) is 1. The first-order valence-electron chi connectivity index (χ1n) is 16.3. The zero-order valence-corrected chi connectivity index (χ0v) is 26.5. The topological polar surface area (TPSA) is 85.4 Å². The van der Waals surface area contributed by atoms with Crippen molar-refractivity contribution in [1.82, 2.24) is 24.9 Å². The van der Waals surface area contributed by atoms with Crippen molar-refractivity contribution in [3.63, 3.8) is 0 Å². The molecular formula is C33H51N5O4. The molecule has 1 N–H and O–H groups in total. The van der Waals surface area contributed by atoms with E-state index in [1.807, 2.05) is 6.08 Å². The SMILES string of the molecule is CCCCOC1=CC(=O)N([C@H]2CCN(C3=CC(=O)N([C@H]4CCN(C5=CC(=O)NC5CC(C)C)C4)[C@H]3C)C2)[C@H]1C(C)CC. The minimum Gasteiger partial charge on any atom is -0.496 e.